The van der Waals surface area contributed by atoms with Crippen molar-refractivity contribution in [2.45, 2.75) is 12.8 Å². The van der Waals surface area contributed by atoms with Crippen LogP contribution in [0.4, 0.5) is 0 Å². The predicted molar refractivity (Wildman–Crippen MR) is 84.5 cm³/mol. The minimum Gasteiger partial charge on any atom is -0.411 e. The SMILES string of the molecule is C[NH+](C)CCC[NH2+]CCCNC(=O)c1ccc(/C=N/O)nc1. The summed E-state index contributed by atoms with van der Waals surface area (Å²) >= 11 is 0. The summed E-state index contributed by atoms with van der Waals surface area (Å²) in [6.07, 6.45) is 4.85. The molecule has 0 unspecified atom stereocenters. The van der Waals surface area contributed by atoms with Crippen molar-refractivity contribution in [1.29, 1.82) is 0 Å². The quantitative estimate of drug-likeness (QED) is 0.176. The average molecular weight is 309 g/mol. The van der Waals surface area contributed by atoms with E-state index >= 15 is 0 Å². The summed E-state index contributed by atoms with van der Waals surface area (Å²) < 4.78 is 0. The summed E-state index contributed by atoms with van der Waals surface area (Å²) in [7, 11) is 4.32. The molecular weight excluding hydrogens is 282 g/mol. The van der Waals surface area contributed by atoms with Crippen LogP contribution in [0.3, 0.4) is 0 Å². The molecule has 0 aromatic carbocycles. The van der Waals surface area contributed by atoms with Crippen molar-refractivity contribution in [2.24, 2.45) is 5.16 Å². The number of nitrogens with two attached hydrogens (primary N) is 1. The Morgan fingerprint density at radius 3 is 2.82 bits per heavy atom. The van der Waals surface area contributed by atoms with Crippen LogP contribution in [0.5, 0.6) is 0 Å². The van der Waals surface area contributed by atoms with Crippen LogP contribution in [-0.2, 0) is 0 Å². The van der Waals surface area contributed by atoms with Crippen LogP contribution >= 0.6 is 0 Å². The van der Waals surface area contributed by atoms with Gasteiger partial charge in [-0.05, 0) is 12.1 Å². The first-order chi connectivity index (χ1) is 10.6. The summed E-state index contributed by atoms with van der Waals surface area (Å²) in [5, 5.41) is 16.4. The van der Waals surface area contributed by atoms with Gasteiger partial charge >= 0.3 is 0 Å². The highest BCUT2D eigenvalue weighted by atomic mass is 16.4. The normalized spacial score (nSPS) is 11.2. The van der Waals surface area contributed by atoms with Crippen LogP contribution < -0.4 is 15.5 Å². The third kappa shape index (κ3) is 7.70. The van der Waals surface area contributed by atoms with Crippen LogP contribution in [-0.4, -0.2) is 62.6 Å². The van der Waals surface area contributed by atoms with E-state index in [1.54, 1.807) is 12.1 Å². The fraction of sp³-hybridized carbons (Fsp3) is 0.533. The Morgan fingerprint density at radius 1 is 1.41 bits per heavy atom. The lowest BCUT2D eigenvalue weighted by Crippen LogP contribution is -3.06. The molecule has 0 fully saturated rings. The summed E-state index contributed by atoms with van der Waals surface area (Å²) in [4.78, 5) is 17.4. The Bertz CT molecular complexity index is 460. The first-order valence-electron chi connectivity index (χ1n) is 7.66. The molecule has 7 heteroatoms. The molecule has 0 radical (unpaired) electrons. The van der Waals surface area contributed by atoms with Gasteiger partial charge in [-0.15, -0.1) is 0 Å². The van der Waals surface area contributed by atoms with Gasteiger partial charge in [-0.3, -0.25) is 9.78 Å². The molecule has 1 aromatic heterocycles. The van der Waals surface area contributed by atoms with Gasteiger partial charge in [0.2, 0.25) is 0 Å². The third-order valence-corrected chi connectivity index (χ3v) is 3.19. The predicted octanol–water partition coefficient (Wildman–Crippen LogP) is -1.89. The number of hydrogen-bond acceptors (Lipinski definition) is 4. The van der Waals surface area contributed by atoms with E-state index in [-0.39, 0.29) is 5.91 Å². The lowest BCUT2D eigenvalue weighted by Gasteiger charge is -2.07. The fourth-order valence-corrected chi connectivity index (χ4v) is 1.97. The molecule has 0 saturated carbocycles. The maximum absolute atomic E-state index is 11.9. The van der Waals surface area contributed by atoms with Crippen molar-refractivity contribution < 1.29 is 20.2 Å². The number of amides is 1. The highest BCUT2D eigenvalue weighted by Gasteiger charge is 2.05. The molecule has 122 valence electrons. The van der Waals surface area contributed by atoms with Crippen LogP contribution in [0.25, 0.3) is 0 Å². The Hall–Kier alpha value is -1.99. The van der Waals surface area contributed by atoms with Crippen LogP contribution in [0.15, 0.2) is 23.5 Å². The minimum absolute atomic E-state index is 0.129. The Kier molecular flexibility index (Phi) is 8.78. The molecular formula is C15H27N5O2+2. The van der Waals surface area contributed by atoms with Crippen LogP contribution in [0, 0.1) is 0 Å². The van der Waals surface area contributed by atoms with E-state index in [4.69, 9.17) is 5.21 Å². The second kappa shape index (κ2) is 10.7. The van der Waals surface area contributed by atoms with E-state index in [2.05, 4.69) is 34.9 Å². The van der Waals surface area contributed by atoms with Crippen molar-refractivity contribution in [3.63, 3.8) is 0 Å². The largest absolute Gasteiger partial charge is 0.411 e. The van der Waals surface area contributed by atoms with E-state index in [1.807, 2.05) is 0 Å². The number of carbonyl (C=O) groups is 1. The maximum Gasteiger partial charge on any atom is 0.252 e. The topological polar surface area (TPSA) is 95.6 Å². The van der Waals surface area contributed by atoms with Crippen LogP contribution in [0.2, 0.25) is 0 Å². The van der Waals surface area contributed by atoms with Gasteiger partial charge in [-0.2, -0.15) is 0 Å². The van der Waals surface area contributed by atoms with Gasteiger partial charge in [0.05, 0.1) is 51.2 Å². The number of oxime groups is 1. The fourth-order valence-electron chi connectivity index (χ4n) is 1.97. The lowest BCUT2D eigenvalue weighted by molar-refractivity contribution is -0.860. The van der Waals surface area contributed by atoms with E-state index in [0.717, 1.165) is 19.5 Å². The molecule has 0 spiro atoms. The molecule has 0 aliphatic heterocycles. The monoisotopic (exact) mass is 309 g/mol. The second-order valence-corrected chi connectivity index (χ2v) is 5.50. The van der Waals surface area contributed by atoms with Crippen LogP contribution in [0.1, 0.15) is 28.9 Å². The molecule has 1 heterocycles. The smallest absolute Gasteiger partial charge is 0.252 e. The Balaban J connectivity index is 2.13. The molecule has 1 rings (SSSR count). The highest BCUT2D eigenvalue weighted by molar-refractivity contribution is 5.94. The highest BCUT2D eigenvalue weighted by Crippen LogP contribution is 1.98. The molecule has 1 aromatic rings. The minimum atomic E-state index is -0.129. The molecule has 22 heavy (non-hydrogen) atoms. The van der Waals surface area contributed by atoms with E-state index < -0.39 is 0 Å². The lowest BCUT2D eigenvalue weighted by atomic mass is 10.2. The van der Waals surface area contributed by atoms with Gasteiger partial charge in [0.1, 0.15) is 0 Å². The number of quaternary nitrogens is 2. The van der Waals surface area contributed by atoms with E-state index in [0.29, 0.717) is 17.8 Å². The Labute approximate surface area is 131 Å². The molecule has 5 N–H and O–H groups in total. The van der Waals surface area contributed by atoms with Gasteiger partial charge in [0.15, 0.2) is 0 Å². The van der Waals surface area contributed by atoms with Gasteiger partial charge in [-0.1, -0.05) is 5.16 Å². The molecule has 0 aliphatic carbocycles. The van der Waals surface area contributed by atoms with Crippen molar-refractivity contribution in [3.05, 3.63) is 29.6 Å². The zero-order valence-electron chi connectivity index (χ0n) is 13.4. The molecule has 1 amide bonds. The third-order valence-electron chi connectivity index (χ3n) is 3.19. The average Bonchev–Trinajstić information content (AvgIpc) is 2.50. The van der Waals surface area contributed by atoms with E-state index in [9.17, 15) is 4.79 Å². The number of hydrogen-bond donors (Lipinski definition) is 4. The summed E-state index contributed by atoms with van der Waals surface area (Å²) in [5.41, 5.74) is 1.02. The zero-order chi connectivity index (χ0) is 16.2. The van der Waals surface area contributed by atoms with Gasteiger partial charge < -0.3 is 20.7 Å². The van der Waals surface area contributed by atoms with Crippen molar-refractivity contribution in [3.8, 4) is 0 Å². The number of nitrogens with zero attached hydrogens (tertiary/aromatic N) is 2. The van der Waals surface area contributed by atoms with E-state index in [1.165, 1.54) is 30.3 Å². The number of pyridine rings is 1. The van der Waals surface area contributed by atoms with Crippen molar-refractivity contribution >= 4 is 12.1 Å². The number of aromatic nitrogens is 1. The van der Waals surface area contributed by atoms with Crippen molar-refractivity contribution in [1.82, 2.24) is 10.3 Å². The first kappa shape index (κ1) is 18.1. The molecule has 0 atom stereocenters. The van der Waals surface area contributed by atoms with Gasteiger partial charge in [0.25, 0.3) is 5.91 Å². The summed E-state index contributed by atoms with van der Waals surface area (Å²) in [5.74, 6) is -0.129. The first-order valence-corrected chi connectivity index (χ1v) is 7.66. The number of carbonyl (C=O) groups excluding carboxylic acids is 1. The molecule has 7 nitrogen and oxygen atoms in total. The molecule has 0 aliphatic rings. The van der Waals surface area contributed by atoms with Crippen molar-refractivity contribution in [2.75, 3.05) is 40.3 Å². The maximum atomic E-state index is 11.9. The summed E-state index contributed by atoms with van der Waals surface area (Å²) in [6, 6.07) is 3.30. The summed E-state index contributed by atoms with van der Waals surface area (Å²) in [6.45, 7) is 4.01. The standard InChI is InChI=1S/C15H25N5O2/c1-20(2)10-4-8-16-7-3-9-17-15(21)13-5-6-14(12-19-22)18-11-13/h5-6,11-12,16,22H,3-4,7-10H2,1-2H3,(H,17,21)/p+2/b19-12+. The van der Waals surface area contributed by atoms with Gasteiger partial charge in [0, 0.05) is 25.6 Å². The Morgan fingerprint density at radius 2 is 2.18 bits per heavy atom. The second-order valence-electron chi connectivity index (χ2n) is 5.50. The molecule has 0 bridgehead atoms. The zero-order valence-corrected chi connectivity index (χ0v) is 13.4. The molecule has 0 saturated heterocycles. The number of nitrogens with one attached hydrogen (secondary N) is 2. The number of rotatable bonds is 10. The van der Waals surface area contributed by atoms with Gasteiger partial charge in [-0.25, -0.2) is 0 Å².